The lowest BCUT2D eigenvalue weighted by molar-refractivity contribution is 0.210. The highest BCUT2D eigenvalue weighted by Gasteiger charge is 2.36. The molecule has 0 aromatic heterocycles. The van der Waals surface area contributed by atoms with Gasteiger partial charge in [0.25, 0.3) is 7.37 Å². The topological polar surface area (TPSA) is 59.0 Å². The summed E-state index contributed by atoms with van der Waals surface area (Å²) < 4.78 is 25.1. The van der Waals surface area contributed by atoms with E-state index in [1.165, 1.54) is 0 Å². The summed E-state index contributed by atoms with van der Waals surface area (Å²) >= 11 is 0. The molecule has 0 saturated carbocycles. The standard InChI is InChI=1S/C23H26NO4P/c1-24(2)20-11-15-22(16-12-20)29(26,28-17-18-7-5-4-6-8-18)23(25)19-9-13-21(27-3)14-10-19/h4-16,23,25H,17H2,1-3H3/t23-,29+/m0/s1. The van der Waals surface area contributed by atoms with Crippen molar-refractivity contribution in [2.45, 2.75) is 12.5 Å². The molecule has 5 nitrogen and oxygen atoms in total. The van der Waals surface area contributed by atoms with Gasteiger partial charge in [0.1, 0.15) is 5.75 Å². The van der Waals surface area contributed by atoms with Gasteiger partial charge < -0.3 is 19.3 Å². The van der Waals surface area contributed by atoms with Crippen LogP contribution < -0.4 is 14.9 Å². The first-order valence-electron chi connectivity index (χ1n) is 9.32. The lowest BCUT2D eigenvalue weighted by atomic mass is 10.2. The highest BCUT2D eigenvalue weighted by atomic mass is 31.2. The minimum atomic E-state index is -3.63. The number of ether oxygens (including phenoxy) is 1. The maximum absolute atomic E-state index is 14.0. The van der Waals surface area contributed by atoms with Crippen LogP contribution in [0.25, 0.3) is 0 Å². The quantitative estimate of drug-likeness (QED) is 0.550. The molecule has 0 aliphatic carbocycles. The SMILES string of the molecule is COc1ccc([C@@H](O)[P@](=O)(OCc2ccccc2)c2ccc(N(C)C)cc2)cc1. The fourth-order valence-corrected chi connectivity index (χ4v) is 5.00. The molecule has 0 saturated heterocycles. The van der Waals surface area contributed by atoms with Crippen molar-refractivity contribution in [3.05, 3.63) is 90.0 Å². The molecule has 0 spiro atoms. The third-order valence-electron chi connectivity index (χ3n) is 4.73. The Morgan fingerprint density at radius 3 is 2.10 bits per heavy atom. The minimum Gasteiger partial charge on any atom is -0.497 e. The summed E-state index contributed by atoms with van der Waals surface area (Å²) in [6, 6.07) is 23.6. The highest BCUT2D eigenvalue weighted by molar-refractivity contribution is 7.67. The van der Waals surface area contributed by atoms with Crippen molar-refractivity contribution in [3.8, 4) is 5.75 Å². The Labute approximate surface area is 172 Å². The van der Waals surface area contributed by atoms with Crippen LogP contribution in [-0.2, 0) is 15.7 Å². The van der Waals surface area contributed by atoms with Crippen molar-refractivity contribution in [3.63, 3.8) is 0 Å². The molecule has 29 heavy (non-hydrogen) atoms. The number of benzene rings is 3. The van der Waals surface area contributed by atoms with E-state index in [4.69, 9.17) is 9.26 Å². The van der Waals surface area contributed by atoms with Gasteiger partial charge in [-0.25, -0.2) is 0 Å². The van der Waals surface area contributed by atoms with E-state index in [0.29, 0.717) is 16.6 Å². The van der Waals surface area contributed by atoms with Crippen LogP contribution in [0.5, 0.6) is 5.75 Å². The smallest absolute Gasteiger partial charge is 0.264 e. The molecule has 3 aromatic rings. The zero-order chi connectivity index (χ0) is 20.9. The van der Waals surface area contributed by atoms with E-state index in [1.54, 1.807) is 43.5 Å². The summed E-state index contributed by atoms with van der Waals surface area (Å²) in [7, 11) is 1.82. The van der Waals surface area contributed by atoms with Gasteiger partial charge in [-0.1, -0.05) is 42.5 Å². The molecule has 0 bridgehead atoms. The van der Waals surface area contributed by atoms with Crippen molar-refractivity contribution in [2.75, 3.05) is 26.1 Å². The van der Waals surface area contributed by atoms with Crippen molar-refractivity contribution in [1.82, 2.24) is 0 Å². The van der Waals surface area contributed by atoms with Crippen LogP contribution in [0.4, 0.5) is 5.69 Å². The first-order valence-corrected chi connectivity index (χ1v) is 11.0. The summed E-state index contributed by atoms with van der Waals surface area (Å²) in [6.45, 7) is 0.140. The van der Waals surface area contributed by atoms with E-state index < -0.39 is 13.2 Å². The molecule has 0 aliphatic heterocycles. The van der Waals surface area contributed by atoms with E-state index in [2.05, 4.69) is 0 Å². The van der Waals surface area contributed by atoms with Gasteiger partial charge in [-0.3, -0.25) is 4.57 Å². The predicted molar refractivity (Wildman–Crippen MR) is 117 cm³/mol. The number of anilines is 1. The van der Waals surface area contributed by atoms with Gasteiger partial charge in [0.15, 0.2) is 5.85 Å². The van der Waals surface area contributed by atoms with Crippen LogP contribution in [-0.4, -0.2) is 26.3 Å². The Morgan fingerprint density at radius 1 is 0.931 bits per heavy atom. The molecule has 152 valence electrons. The number of methoxy groups -OCH3 is 1. The third kappa shape index (κ3) is 4.88. The first-order chi connectivity index (χ1) is 13.9. The molecule has 2 atom stereocenters. The summed E-state index contributed by atoms with van der Waals surface area (Å²) in [5.74, 6) is -0.626. The summed E-state index contributed by atoms with van der Waals surface area (Å²) in [6.07, 6.45) is 0. The summed E-state index contributed by atoms with van der Waals surface area (Å²) in [5, 5.41) is 11.5. The molecule has 0 radical (unpaired) electrons. The summed E-state index contributed by atoms with van der Waals surface area (Å²) in [5.41, 5.74) is 2.38. The number of hydrogen-bond donors (Lipinski definition) is 1. The number of aliphatic hydroxyl groups excluding tert-OH is 1. The molecule has 0 aliphatic rings. The maximum Gasteiger partial charge on any atom is 0.264 e. The van der Waals surface area contributed by atoms with Crippen molar-refractivity contribution >= 4 is 18.4 Å². The fraction of sp³-hybridized carbons (Fsp3) is 0.217. The van der Waals surface area contributed by atoms with Gasteiger partial charge in [0, 0.05) is 25.1 Å². The molecule has 0 fully saturated rings. The second kappa shape index (κ2) is 9.27. The first kappa shape index (κ1) is 21.1. The van der Waals surface area contributed by atoms with Crippen LogP contribution in [0.3, 0.4) is 0 Å². The lowest BCUT2D eigenvalue weighted by Crippen LogP contribution is -2.16. The lowest BCUT2D eigenvalue weighted by Gasteiger charge is -2.25. The zero-order valence-corrected chi connectivity index (χ0v) is 17.8. The van der Waals surface area contributed by atoms with Gasteiger partial charge in [-0.15, -0.1) is 0 Å². The molecule has 0 heterocycles. The van der Waals surface area contributed by atoms with Crippen LogP contribution in [0.15, 0.2) is 78.9 Å². The second-order valence-corrected chi connectivity index (χ2v) is 9.37. The summed E-state index contributed by atoms with van der Waals surface area (Å²) in [4.78, 5) is 1.96. The molecular formula is C23H26NO4P. The number of hydrogen-bond acceptors (Lipinski definition) is 5. The minimum absolute atomic E-state index is 0.140. The van der Waals surface area contributed by atoms with Gasteiger partial charge in [-0.05, 0) is 47.5 Å². The van der Waals surface area contributed by atoms with E-state index in [9.17, 15) is 9.67 Å². The monoisotopic (exact) mass is 411 g/mol. The fourth-order valence-electron chi connectivity index (χ4n) is 2.96. The van der Waals surface area contributed by atoms with E-state index in [1.807, 2.05) is 61.5 Å². The Balaban J connectivity index is 1.95. The van der Waals surface area contributed by atoms with E-state index in [-0.39, 0.29) is 6.61 Å². The molecule has 3 rings (SSSR count). The molecular weight excluding hydrogens is 385 g/mol. The molecule has 6 heteroatoms. The second-order valence-electron chi connectivity index (χ2n) is 6.91. The van der Waals surface area contributed by atoms with Crippen LogP contribution in [0.2, 0.25) is 0 Å². The average molecular weight is 411 g/mol. The largest absolute Gasteiger partial charge is 0.497 e. The Bertz CT molecular complexity index is 956. The third-order valence-corrected chi connectivity index (χ3v) is 7.20. The van der Waals surface area contributed by atoms with Gasteiger partial charge in [0.2, 0.25) is 0 Å². The van der Waals surface area contributed by atoms with Crippen molar-refractivity contribution in [2.24, 2.45) is 0 Å². The van der Waals surface area contributed by atoms with Gasteiger partial charge >= 0.3 is 0 Å². The maximum atomic E-state index is 14.0. The molecule has 1 N–H and O–H groups in total. The van der Waals surface area contributed by atoms with Crippen LogP contribution in [0.1, 0.15) is 17.0 Å². The molecule has 0 unspecified atom stereocenters. The van der Waals surface area contributed by atoms with Crippen molar-refractivity contribution in [1.29, 1.82) is 0 Å². The van der Waals surface area contributed by atoms with E-state index in [0.717, 1.165) is 11.3 Å². The normalized spacial score (nSPS) is 14.1. The number of aliphatic hydroxyl groups is 1. The molecule has 3 aromatic carbocycles. The average Bonchev–Trinajstić information content (AvgIpc) is 2.77. The Kier molecular flexibility index (Phi) is 6.75. The van der Waals surface area contributed by atoms with Crippen molar-refractivity contribution < 1.29 is 18.9 Å². The predicted octanol–water partition coefficient (Wildman–Crippen LogP) is 4.57. The Morgan fingerprint density at radius 2 is 1.55 bits per heavy atom. The molecule has 0 amide bonds. The van der Waals surface area contributed by atoms with Gasteiger partial charge in [-0.2, -0.15) is 0 Å². The van der Waals surface area contributed by atoms with E-state index >= 15 is 0 Å². The number of nitrogens with zero attached hydrogens (tertiary/aromatic N) is 1. The zero-order valence-electron chi connectivity index (χ0n) is 16.9. The Hall–Kier alpha value is -2.59. The van der Waals surface area contributed by atoms with Crippen LogP contribution in [0, 0.1) is 0 Å². The highest BCUT2D eigenvalue weighted by Crippen LogP contribution is 2.58. The van der Waals surface area contributed by atoms with Crippen LogP contribution >= 0.6 is 7.37 Å². The number of rotatable bonds is 8. The van der Waals surface area contributed by atoms with Gasteiger partial charge in [0.05, 0.1) is 13.7 Å².